The third kappa shape index (κ3) is 4.14. The zero-order valence-corrected chi connectivity index (χ0v) is 26.5. The van der Waals surface area contributed by atoms with Crippen LogP contribution >= 0.6 is 27.5 Å². The molecule has 6 atom stereocenters. The van der Waals surface area contributed by atoms with Crippen LogP contribution in [0.5, 0.6) is 11.5 Å². The minimum Gasteiger partial charge on any atom is -0.508 e. The minimum absolute atomic E-state index is 0.124. The molecule has 2 heterocycles. The van der Waals surface area contributed by atoms with Crippen LogP contribution < -0.4 is 14.5 Å². The summed E-state index contributed by atoms with van der Waals surface area (Å²) in [5, 5.41) is 11.0. The minimum atomic E-state index is -1.42. The van der Waals surface area contributed by atoms with Gasteiger partial charge < -0.3 is 9.84 Å². The number of anilines is 2. The number of aromatic hydroxyl groups is 1. The van der Waals surface area contributed by atoms with Crippen LogP contribution in [0, 0.1) is 34.9 Å². The lowest BCUT2D eigenvalue weighted by Crippen LogP contribution is -2.49. The number of fused-ring (bicyclic) bond motifs is 4. The second-order valence-corrected chi connectivity index (χ2v) is 13.5. The molecule has 1 N–H and O–H groups in total. The molecule has 0 radical (unpaired) electrons. The van der Waals surface area contributed by atoms with Crippen molar-refractivity contribution in [1.82, 2.24) is 0 Å². The Hall–Kier alpha value is -4.02. The van der Waals surface area contributed by atoms with E-state index in [0.29, 0.717) is 22.6 Å². The third-order valence-corrected chi connectivity index (χ3v) is 10.9. The van der Waals surface area contributed by atoms with Crippen molar-refractivity contribution in [3.63, 3.8) is 0 Å². The highest BCUT2D eigenvalue weighted by molar-refractivity contribution is 9.10. The molecule has 3 fully saturated rings. The number of phenolic OH excluding ortho intramolecular Hbond substituents is 1. The van der Waals surface area contributed by atoms with Crippen LogP contribution in [0.3, 0.4) is 0 Å². The number of methoxy groups -OCH3 is 1. The molecule has 45 heavy (non-hydrogen) atoms. The Morgan fingerprint density at radius 3 is 2.36 bits per heavy atom. The molecule has 2 saturated heterocycles. The number of phenols is 1. The van der Waals surface area contributed by atoms with Gasteiger partial charge in [-0.3, -0.25) is 24.1 Å². The van der Waals surface area contributed by atoms with E-state index in [4.69, 9.17) is 16.3 Å². The molecule has 0 spiro atoms. The van der Waals surface area contributed by atoms with Gasteiger partial charge in [0.25, 0.3) is 0 Å². The van der Waals surface area contributed by atoms with E-state index in [1.54, 1.807) is 43.3 Å². The maximum absolute atomic E-state index is 14.5. The average molecular weight is 694 g/mol. The molecule has 0 bridgehead atoms. The molecular formula is C34H27BrClFN2O6. The fourth-order valence-corrected chi connectivity index (χ4v) is 8.48. The highest BCUT2D eigenvalue weighted by atomic mass is 79.9. The van der Waals surface area contributed by atoms with E-state index < -0.39 is 52.6 Å². The normalized spacial score (nSPS) is 29.0. The Morgan fingerprint density at radius 1 is 0.956 bits per heavy atom. The first-order chi connectivity index (χ1) is 21.5. The lowest BCUT2D eigenvalue weighted by atomic mass is 9.51. The fourth-order valence-electron chi connectivity index (χ4n) is 8.04. The largest absolute Gasteiger partial charge is 0.508 e. The quantitative estimate of drug-likeness (QED) is 0.251. The number of carbonyl (C=O) groups excluding carboxylic acids is 4. The Labute approximate surface area is 271 Å². The Morgan fingerprint density at radius 2 is 1.67 bits per heavy atom. The second-order valence-electron chi connectivity index (χ2n) is 12.1. The zero-order valence-electron chi connectivity index (χ0n) is 24.2. The smallest absolute Gasteiger partial charge is 0.241 e. The molecule has 230 valence electrons. The van der Waals surface area contributed by atoms with Crippen molar-refractivity contribution < 1.29 is 33.4 Å². The predicted octanol–water partition coefficient (Wildman–Crippen LogP) is 6.39. The van der Waals surface area contributed by atoms with Crippen molar-refractivity contribution in [2.75, 3.05) is 16.9 Å². The number of nitrogens with zero attached hydrogens (tertiary/aromatic N) is 2. The van der Waals surface area contributed by atoms with E-state index in [9.17, 15) is 28.7 Å². The van der Waals surface area contributed by atoms with Gasteiger partial charge in [0.05, 0.1) is 46.7 Å². The van der Waals surface area contributed by atoms with Crippen molar-refractivity contribution in [3.05, 3.63) is 93.2 Å². The molecule has 1 saturated carbocycles. The van der Waals surface area contributed by atoms with Crippen LogP contribution in [0.15, 0.2) is 76.8 Å². The Balaban J connectivity index is 1.40. The topological polar surface area (TPSA) is 104 Å². The predicted molar refractivity (Wildman–Crippen MR) is 167 cm³/mol. The highest BCUT2D eigenvalue weighted by Gasteiger charge is 2.68. The number of allylic oxidation sites excluding steroid dienone is 2. The molecule has 2 aliphatic heterocycles. The maximum atomic E-state index is 14.5. The number of amides is 4. The summed E-state index contributed by atoms with van der Waals surface area (Å²) in [5.74, 6) is -6.06. The highest BCUT2D eigenvalue weighted by Crippen LogP contribution is 2.65. The monoisotopic (exact) mass is 692 g/mol. The van der Waals surface area contributed by atoms with Gasteiger partial charge in [-0.1, -0.05) is 45.2 Å². The third-order valence-electron chi connectivity index (χ3n) is 10.1. The molecule has 0 aromatic heterocycles. The summed E-state index contributed by atoms with van der Waals surface area (Å²) in [6, 6.07) is 15.3. The number of carbonyl (C=O) groups is 4. The van der Waals surface area contributed by atoms with Gasteiger partial charge in [0.15, 0.2) is 0 Å². The lowest BCUT2D eigenvalue weighted by molar-refractivity contribution is -0.131. The number of imide groups is 2. The molecule has 3 aromatic carbocycles. The van der Waals surface area contributed by atoms with E-state index in [0.717, 1.165) is 15.4 Å². The van der Waals surface area contributed by atoms with Crippen LogP contribution in [0.25, 0.3) is 0 Å². The number of hydrogen-bond acceptors (Lipinski definition) is 6. The standard InChI is InChI=1S/C34H27BrClFN2O6/c1-34-22(31(42)39(33(34)44)18-10-13-24(37)23(36)14-18)15-21-19(29(34)28-25(40)4-3-5-26(28)45-2)11-12-20-27(21)32(43)38(30(20)41)17-8-6-16(35)7-9-17/h3-11,13-14,20-22,27,29,40H,12,15H2,1-2H3/t20-,21+,22-,27-,29+,34+/m0/s1. The molecule has 3 aromatic rings. The molecule has 8 nitrogen and oxygen atoms in total. The number of rotatable bonds is 4. The SMILES string of the molecule is COc1cccc(O)c1[C@H]1C2=CC[C@@H]3C(=O)N(c4ccc(Br)cc4)C(=O)[C@@H]3[C@@H]2C[C@H]2C(=O)N(c3ccc(F)c(Cl)c3)C(=O)[C@@]12C. The van der Waals surface area contributed by atoms with Gasteiger partial charge in [0.2, 0.25) is 23.6 Å². The second kappa shape index (κ2) is 10.5. The first kappa shape index (κ1) is 29.7. The first-order valence-corrected chi connectivity index (χ1v) is 15.7. The zero-order chi connectivity index (χ0) is 31.9. The number of halogens is 3. The number of ether oxygens (including phenoxy) is 1. The van der Waals surface area contributed by atoms with E-state index in [1.165, 1.54) is 30.2 Å². The Bertz CT molecular complexity index is 1850. The summed E-state index contributed by atoms with van der Waals surface area (Å²) in [4.78, 5) is 59.0. The summed E-state index contributed by atoms with van der Waals surface area (Å²) < 4.78 is 20.6. The van der Waals surface area contributed by atoms with Crippen LogP contribution in [0.2, 0.25) is 5.02 Å². The van der Waals surface area contributed by atoms with Crippen molar-refractivity contribution in [2.24, 2.45) is 29.1 Å². The lowest BCUT2D eigenvalue weighted by Gasteiger charge is -2.49. The Kier molecular flexibility index (Phi) is 6.94. The van der Waals surface area contributed by atoms with Gasteiger partial charge >= 0.3 is 0 Å². The average Bonchev–Trinajstić information content (AvgIpc) is 3.39. The van der Waals surface area contributed by atoms with Gasteiger partial charge in [-0.15, -0.1) is 0 Å². The fraction of sp³-hybridized carbons (Fsp3) is 0.294. The van der Waals surface area contributed by atoms with Crippen molar-refractivity contribution >= 4 is 62.5 Å². The van der Waals surface area contributed by atoms with Gasteiger partial charge in [0.1, 0.15) is 17.3 Å². The molecule has 11 heteroatoms. The van der Waals surface area contributed by atoms with Gasteiger partial charge in [-0.05, 0) is 80.3 Å². The van der Waals surface area contributed by atoms with Gasteiger partial charge in [0, 0.05) is 16.0 Å². The van der Waals surface area contributed by atoms with Crippen LogP contribution in [0.4, 0.5) is 15.8 Å². The number of hydrogen-bond donors (Lipinski definition) is 1. The number of benzene rings is 3. The van der Waals surface area contributed by atoms with Crippen molar-refractivity contribution in [1.29, 1.82) is 0 Å². The van der Waals surface area contributed by atoms with Crippen molar-refractivity contribution in [3.8, 4) is 11.5 Å². The van der Waals surface area contributed by atoms with Crippen LogP contribution in [-0.2, 0) is 19.2 Å². The maximum Gasteiger partial charge on any atom is 0.241 e. The summed E-state index contributed by atoms with van der Waals surface area (Å²) in [6.45, 7) is 1.69. The van der Waals surface area contributed by atoms with E-state index in [-0.39, 0.29) is 41.1 Å². The van der Waals surface area contributed by atoms with Gasteiger partial charge in [-0.25, -0.2) is 9.29 Å². The summed E-state index contributed by atoms with van der Waals surface area (Å²) >= 11 is 9.45. The van der Waals surface area contributed by atoms with Crippen LogP contribution in [0.1, 0.15) is 31.2 Å². The van der Waals surface area contributed by atoms with E-state index in [2.05, 4.69) is 15.9 Å². The van der Waals surface area contributed by atoms with Crippen LogP contribution in [-0.4, -0.2) is 35.8 Å². The summed E-state index contributed by atoms with van der Waals surface area (Å²) in [7, 11) is 1.45. The van der Waals surface area contributed by atoms with E-state index in [1.807, 2.05) is 6.08 Å². The molecule has 7 rings (SSSR count). The van der Waals surface area contributed by atoms with E-state index >= 15 is 0 Å². The van der Waals surface area contributed by atoms with Gasteiger partial charge in [-0.2, -0.15) is 0 Å². The van der Waals surface area contributed by atoms with Crippen molar-refractivity contribution in [2.45, 2.75) is 25.7 Å². The first-order valence-electron chi connectivity index (χ1n) is 14.5. The molecule has 2 aliphatic carbocycles. The molecular weight excluding hydrogens is 667 g/mol. The molecule has 4 amide bonds. The summed E-state index contributed by atoms with van der Waals surface area (Å²) in [6.07, 6.45) is 2.27. The summed E-state index contributed by atoms with van der Waals surface area (Å²) in [5.41, 5.74) is 0.182. The molecule has 0 unspecified atom stereocenters. The molecule has 4 aliphatic rings.